The summed E-state index contributed by atoms with van der Waals surface area (Å²) in [6.45, 7) is 9.42. The van der Waals surface area contributed by atoms with Gasteiger partial charge in [0.2, 0.25) is 15.9 Å². The lowest BCUT2D eigenvalue weighted by Crippen LogP contribution is -2.45. The maximum Gasteiger partial charge on any atom is 0.241 e. The quantitative estimate of drug-likeness (QED) is 0.783. The number of nitrogens with zero attached hydrogens (tertiary/aromatic N) is 1. The summed E-state index contributed by atoms with van der Waals surface area (Å²) in [6, 6.07) is 11.2. The Balaban J connectivity index is 1.87. The summed E-state index contributed by atoms with van der Waals surface area (Å²) in [5.74, 6) is 0.404. The van der Waals surface area contributed by atoms with Gasteiger partial charge >= 0.3 is 0 Å². The first-order chi connectivity index (χ1) is 13.9. The van der Waals surface area contributed by atoms with Gasteiger partial charge in [-0.1, -0.05) is 24.3 Å². The number of hydrogen-bond acceptors (Lipinski definition) is 4. The topological polar surface area (TPSA) is 75.7 Å². The van der Waals surface area contributed by atoms with Crippen molar-refractivity contribution in [2.45, 2.75) is 52.7 Å². The van der Waals surface area contributed by atoms with E-state index in [9.17, 15) is 13.2 Å². The molecule has 0 radical (unpaired) electrons. The molecule has 30 heavy (non-hydrogen) atoms. The number of ether oxygens (including phenoxy) is 1. The van der Waals surface area contributed by atoms with Gasteiger partial charge in [-0.2, -0.15) is 0 Å². The highest BCUT2D eigenvalue weighted by Crippen LogP contribution is 2.40. The van der Waals surface area contributed by atoms with E-state index in [1.165, 1.54) is 4.31 Å². The molecule has 7 heteroatoms. The molecular weight excluding hydrogens is 400 g/mol. The third-order valence-corrected chi connectivity index (χ3v) is 6.41. The maximum absolute atomic E-state index is 13.0. The molecule has 0 saturated heterocycles. The Morgan fingerprint density at radius 1 is 1.13 bits per heavy atom. The van der Waals surface area contributed by atoms with Crippen LogP contribution in [0.15, 0.2) is 36.4 Å². The molecule has 0 saturated carbocycles. The predicted molar refractivity (Wildman–Crippen MR) is 119 cm³/mol. The summed E-state index contributed by atoms with van der Waals surface area (Å²) in [5.41, 5.74) is 3.80. The third kappa shape index (κ3) is 4.95. The number of anilines is 1. The first-order valence-electron chi connectivity index (χ1n) is 10.00. The Morgan fingerprint density at radius 2 is 1.77 bits per heavy atom. The Morgan fingerprint density at radius 3 is 2.43 bits per heavy atom. The zero-order chi connectivity index (χ0) is 22.3. The Hall–Kier alpha value is -2.54. The van der Waals surface area contributed by atoms with Crippen LogP contribution in [0.4, 0.5) is 5.69 Å². The highest BCUT2D eigenvalue weighted by Gasteiger charge is 2.35. The second-order valence-corrected chi connectivity index (χ2v) is 10.7. The van der Waals surface area contributed by atoms with Gasteiger partial charge in [-0.15, -0.1) is 0 Å². The zero-order valence-corrected chi connectivity index (χ0v) is 19.3. The SMILES string of the molecule is Cc1ccc2c(c1)OC(C)(C)C[C@H]2NC(=O)CN(c1cc(C)ccc1C)S(C)(=O)=O. The molecule has 6 nitrogen and oxygen atoms in total. The summed E-state index contributed by atoms with van der Waals surface area (Å²) in [7, 11) is -3.63. The lowest BCUT2D eigenvalue weighted by molar-refractivity contribution is -0.120. The number of fused-ring (bicyclic) bond motifs is 1. The number of carbonyl (C=O) groups excluding carboxylic acids is 1. The van der Waals surface area contributed by atoms with Gasteiger partial charge in [0.25, 0.3) is 0 Å². The number of amides is 1. The van der Waals surface area contributed by atoms with Gasteiger partial charge < -0.3 is 10.1 Å². The van der Waals surface area contributed by atoms with Gasteiger partial charge in [0.15, 0.2) is 0 Å². The van der Waals surface area contributed by atoms with Crippen LogP contribution in [-0.4, -0.2) is 32.7 Å². The van der Waals surface area contributed by atoms with Crippen molar-refractivity contribution in [3.8, 4) is 5.75 Å². The monoisotopic (exact) mass is 430 g/mol. The van der Waals surface area contributed by atoms with Crippen molar-refractivity contribution in [2.75, 3.05) is 17.1 Å². The van der Waals surface area contributed by atoms with Crippen molar-refractivity contribution < 1.29 is 17.9 Å². The van der Waals surface area contributed by atoms with E-state index in [-0.39, 0.29) is 18.5 Å². The summed E-state index contributed by atoms with van der Waals surface area (Å²) < 4.78 is 32.2. The van der Waals surface area contributed by atoms with Gasteiger partial charge in [0, 0.05) is 12.0 Å². The van der Waals surface area contributed by atoms with E-state index in [1.54, 1.807) is 6.07 Å². The lowest BCUT2D eigenvalue weighted by Gasteiger charge is -2.38. The molecule has 0 unspecified atom stereocenters. The summed E-state index contributed by atoms with van der Waals surface area (Å²) in [4.78, 5) is 13.0. The molecule has 162 valence electrons. The van der Waals surface area contributed by atoms with Gasteiger partial charge in [-0.05, 0) is 63.4 Å². The standard InChI is InChI=1S/C23H30N2O4S/c1-15-7-9-17(3)20(11-15)25(30(6,27)28)14-22(26)24-19-13-23(4,5)29-21-12-16(2)8-10-18(19)21/h7-12,19H,13-14H2,1-6H3,(H,24,26)/t19-/m1/s1. The number of benzene rings is 2. The molecule has 1 atom stereocenters. The van der Waals surface area contributed by atoms with Crippen molar-refractivity contribution in [1.29, 1.82) is 0 Å². The van der Waals surface area contributed by atoms with E-state index in [2.05, 4.69) is 5.32 Å². The van der Waals surface area contributed by atoms with Crippen molar-refractivity contribution >= 4 is 21.6 Å². The van der Waals surface area contributed by atoms with Crippen molar-refractivity contribution in [1.82, 2.24) is 5.32 Å². The molecule has 0 fully saturated rings. The number of nitrogens with one attached hydrogen (secondary N) is 1. The van der Waals surface area contributed by atoms with Crippen LogP contribution in [0.1, 0.15) is 48.6 Å². The second-order valence-electron chi connectivity index (χ2n) is 8.79. The van der Waals surface area contributed by atoms with Crippen molar-refractivity contribution in [3.05, 3.63) is 58.7 Å². The fourth-order valence-corrected chi connectivity index (χ4v) is 4.73. The fourth-order valence-electron chi connectivity index (χ4n) is 3.83. The molecule has 0 spiro atoms. The second kappa shape index (κ2) is 7.95. The average Bonchev–Trinajstić information content (AvgIpc) is 2.59. The van der Waals surface area contributed by atoms with E-state index in [0.717, 1.165) is 34.3 Å². The minimum atomic E-state index is -3.63. The molecule has 0 bridgehead atoms. The number of hydrogen-bond donors (Lipinski definition) is 1. The highest BCUT2D eigenvalue weighted by molar-refractivity contribution is 7.92. The molecule has 1 amide bonds. The Bertz CT molecular complexity index is 1080. The molecule has 2 aromatic carbocycles. The van der Waals surface area contributed by atoms with Crippen LogP contribution in [-0.2, 0) is 14.8 Å². The van der Waals surface area contributed by atoms with E-state index < -0.39 is 15.6 Å². The molecule has 0 aliphatic carbocycles. The van der Waals surface area contributed by atoms with Gasteiger partial charge in [0.1, 0.15) is 17.9 Å². The normalized spacial score (nSPS) is 17.6. The van der Waals surface area contributed by atoms with Crippen LogP contribution in [0.5, 0.6) is 5.75 Å². The van der Waals surface area contributed by atoms with Crippen LogP contribution in [0.3, 0.4) is 0 Å². The Labute approximate surface area is 179 Å². The molecule has 1 heterocycles. The van der Waals surface area contributed by atoms with Crippen LogP contribution in [0.2, 0.25) is 0 Å². The molecule has 3 rings (SSSR count). The number of aryl methyl sites for hydroxylation is 3. The molecule has 1 aliphatic rings. The number of carbonyl (C=O) groups is 1. The van der Waals surface area contributed by atoms with E-state index in [4.69, 9.17) is 4.74 Å². The van der Waals surface area contributed by atoms with E-state index in [1.807, 2.05) is 65.0 Å². The molecular formula is C23H30N2O4S. The summed E-state index contributed by atoms with van der Waals surface area (Å²) in [6.07, 6.45) is 1.72. The average molecular weight is 431 g/mol. The minimum absolute atomic E-state index is 0.253. The smallest absolute Gasteiger partial charge is 0.241 e. The summed E-state index contributed by atoms with van der Waals surface area (Å²) >= 11 is 0. The molecule has 2 aromatic rings. The first kappa shape index (κ1) is 22.2. The largest absolute Gasteiger partial charge is 0.487 e. The Kier molecular flexibility index (Phi) is 5.87. The molecule has 0 aromatic heterocycles. The van der Waals surface area contributed by atoms with Gasteiger partial charge in [0.05, 0.1) is 18.0 Å². The zero-order valence-electron chi connectivity index (χ0n) is 18.4. The summed E-state index contributed by atoms with van der Waals surface area (Å²) in [5, 5.41) is 3.03. The van der Waals surface area contributed by atoms with Crippen LogP contribution in [0, 0.1) is 20.8 Å². The fraction of sp³-hybridized carbons (Fsp3) is 0.435. The van der Waals surface area contributed by atoms with E-state index in [0.29, 0.717) is 12.1 Å². The van der Waals surface area contributed by atoms with Gasteiger partial charge in [-0.3, -0.25) is 9.10 Å². The first-order valence-corrected chi connectivity index (χ1v) is 11.8. The van der Waals surface area contributed by atoms with Crippen molar-refractivity contribution in [3.63, 3.8) is 0 Å². The third-order valence-electron chi connectivity index (χ3n) is 5.28. The van der Waals surface area contributed by atoms with Gasteiger partial charge in [-0.25, -0.2) is 8.42 Å². The van der Waals surface area contributed by atoms with Crippen LogP contribution >= 0.6 is 0 Å². The van der Waals surface area contributed by atoms with Crippen molar-refractivity contribution in [2.24, 2.45) is 0 Å². The van der Waals surface area contributed by atoms with Crippen LogP contribution < -0.4 is 14.4 Å². The number of rotatable bonds is 5. The molecule has 1 N–H and O–H groups in total. The van der Waals surface area contributed by atoms with Crippen LogP contribution in [0.25, 0.3) is 0 Å². The minimum Gasteiger partial charge on any atom is -0.487 e. The molecule has 1 aliphatic heterocycles. The van der Waals surface area contributed by atoms with E-state index >= 15 is 0 Å². The highest BCUT2D eigenvalue weighted by atomic mass is 32.2. The number of sulfonamides is 1. The lowest BCUT2D eigenvalue weighted by atomic mass is 9.89. The predicted octanol–water partition coefficient (Wildman–Crippen LogP) is 3.80. The maximum atomic E-state index is 13.0.